The highest BCUT2D eigenvalue weighted by Gasteiger charge is 2.07. The smallest absolute Gasteiger partial charge is 0.336 e. The fourth-order valence-corrected chi connectivity index (χ4v) is 2.38. The van der Waals surface area contributed by atoms with Crippen molar-refractivity contribution >= 4 is 17.3 Å². The van der Waals surface area contributed by atoms with Crippen molar-refractivity contribution in [1.82, 2.24) is 0 Å². The van der Waals surface area contributed by atoms with E-state index in [2.05, 4.69) is 29.0 Å². The van der Waals surface area contributed by atoms with Crippen molar-refractivity contribution in [1.29, 1.82) is 0 Å². The first-order chi connectivity index (χ1) is 11.2. The van der Waals surface area contributed by atoms with Gasteiger partial charge in [0.1, 0.15) is 0 Å². The Kier molecular flexibility index (Phi) is 5.86. The Morgan fingerprint density at radius 3 is 2.30 bits per heavy atom. The Labute approximate surface area is 136 Å². The molecule has 0 aliphatic carbocycles. The molecule has 0 heterocycles. The molecule has 0 fully saturated rings. The summed E-state index contributed by atoms with van der Waals surface area (Å²) in [6.45, 7) is 6.42. The average molecular weight is 311 g/mol. The topological polar surface area (TPSA) is 65.3 Å². The van der Waals surface area contributed by atoms with Crippen LogP contribution in [-0.4, -0.2) is 24.2 Å². The lowest BCUT2D eigenvalue weighted by atomic mass is 10.1. The minimum atomic E-state index is -0.945. The van der Waals surface area contributed by atoms with E-state index in [1.807, 2.05) is 24.3 Å². The maximum Gasteiger partial charge on any atom is 0.336 e. The molecule has 0 aliphatic rings. The molecule has 0 aliphatic heterocycles. The van der Waals surface area contributed by atoms with Gasteiger partial charge in [-0.15, -0.1) is 0 Å². The van der Waals surface area contributed by atoms with Gasteiger partial charge in [-0.2, -0.15) is 10.2 Å². The van der Waals surface area contributed by atoms with Crippen LogP contribution < -0.4 is 4.90 Å². The van der Waals surface area contributed by atoms with Gasteiger partial charge in [0, 0.05) is 18.8 Å². The van der Waals surface area contributed by atoms with Gasteiger partial charge in [-0.1, -0.05) is 18.2 Å². The molecule has 120 valence electrons. The molecule has 2 aromatic carbocycles. The van der Waals surface area contributed by atoms with Gasteiger partial charge in [0.2, 0.25) is 0 Å². The van der Waals surface area contributed by atoms with Crippen LogP contribution in [0, 0.1) is 0 Å². The highest BCUT2D eigenvalue weighted by atomic mass is 16.4. The third-order valence-corrected chi connectivity index (χ3v) is 3.65. The minimum Gasteiger partial charge on any atom is -0.478 e. The first-order valence-corrected chi connectivity index (χ1v) is 7.69. The van der Waals surface area contributed by atoms with Crippen LogP contribution in [0.5, 0.6) is 0 Å². The van der Waals surface area contributed by atoms with E-state index in [9.17, 15) is 4.79 Å². The molecular formula is C18H21N3O2. The second-order valence-electron chi connectivity index (χ2n) is 5.05. The third-order valence-electron chi connectivity index (χ3n) is 3.65. The van der Waals surface area contributed by atoms with E-state index in [1.165, 1.54) is 0 Å². The molecule has 5 heteroatoms. The van der Waals surface area contributed by atoms with Crippen molar-refractivity contribution in [3.63, 3.8) is 0 Å². The molecule has 0 saturated carbocycles. The SMILES string of the molecule is CCN(CC)c1ccc(N=NCc2ccccc2C(=O)O)cc1. The Morgan fingerprint density at radius 1 is 1.04 bits per heavy atom. The van der Waals surface area contributed by atoms with Crippen LogP contribution in [-0.2, 0) is 6.54 Å². The van der Waals surface area contributed by atoms with Crippen LogP contribution in [0.2, 0.25) is 0 Å². The van der Waals surface area contributed by atoms with E-state index in [1.54, 1.807) is 24.3 Å². The fourth-order valence-electron chi connectivity index (χ4n) is 2.38. The summed E-state index contributed by atoms with van der Waals surface area (Å²) in [5, 5.41) is 17.4. The molecule has 0 saturated heterocycles. The van der Waals surface area contributed by atoms with Gasteiger partial charge in [-0.05, 0) is 49.7 Å². The number of anilines is 1. The van der Waals surface area contributed by atoms with Crippen LogP contribution in [0.15, 0.2) is 58.8 Å². The molecule has 2 rings (SSSR count). The molecule has 0 bridgehead atoms. The van der Waals surface area contributed by atoms with Crippen molar-refractivity contribution in [3.8, 4) is 0 Å². The summed E-state index contributed by atoms with van der Waals surface area (Å²) in [7, 11) is 0. The van der Waals surface area contributed by atoms with Gasteiger partial charge in [-0.3, -0.25) is 0 Å². The molecule has 0 spiro atoms. The lowest BCUT2D eigenvalue weighted by molar-refractivity contribution is 0.0695. The van der Waals surface area contributed by atoms with Crippen LogP contribution in [0.3, 0.4) is 0 Å². The Balaban J connectivity index is 2.05. The second-order valence-corrected chi connectivity index (χ2v) is 5.05. The summed E-state index contributed by atoms with van der Waals surface area (Å²) in [5.41, 5.74) is 2.84. The van der Waals surface area contributed by atoms with Gasteiger partial charge in [-0.25, -0.2) is 4.79 Å². The van der Waals surface area contributed by atoms with E-state index < -0.39 is 5.97 Å². The molecule has 0 amide bonds. The van der Waals surface area contributed by atoms with Crippen LogP contribution in [0.25, 0.3) is 0 Å². The second kappa shape index (κ2) is 8.08. The van der Waals surface area contributed by atoms with Crippen molar-refractivity contribution in [2.75, 3.05) is 18.0 Å². The first-order valence-electron chi connectivity index (χ1n) is 7.69. The third kappa shape index (κ3) is 4.39. The number of benzene rings is 2. The summed E-state index contributed by atoms with van der Waals surface area (Å²) in [6, 6.07) is 14.7. The minimum absolute atomic E-state index is 0.250. The van der Waals surface area contributed by atoms with Crippen molar-refractivity contribution < 1.29 is 9.90 Å². The van der Waals surface area contributed by atoms with E-state index in [0.717, 1.165) is 24.5 Å². The predicted molar refractivity (Wildman–Crippen MR) is 91.6 cm³/mol. The zero-order valence-electron chi connectivity index (χ0n) is 13.4. The van der Waals surface area contributed by atoms with E-state index in [0.29, 0.717) is 5.56 Å². The maximum absolute atomic E-state index is 11.1. The largest absolute Gasteiger partial charge is 0.478 e. The summed E-state index contributed by atoms with van der Waals surface area (Å²) in [5.74, 6) is -0.945. The van der Waals surface area contributed by atoms with Gasteiger partial charge in [0.05, 0.1) is 17.8 Å². The van der Waals surface area contributed by atoms with Crippen molar-refractivity contribution in [2.24, 2.45) is 10.2 Å². The quantitative estimate of drug-likeness (QED) is 0.765. The summed E-state index contributed by atoms with van der Waals surface area (Å²) in [6.07, 6.45) is 0. The lowest BCUT2D eigenvalue weighted by Gasteiger charge is -2.20. The van der Waals surface area contributed by atoms with Crippen molar-refractivity contribution in [2.45, 2.75) is 20.4 Å². The van der Waals surface area contributed by atoms with Crippen LogP contribution in [0.1, 0.15) is 29.8 Å². The number of nitrogens with zero attached hydrogens (tertiary/aromatic N) is 3. The molecule has 1 N–H and O–H groups in total. The number of azo groups is 1. The monoisotopic (exact) mass is 311 g/mol. The summed E-state index contributed by atoms with van der Waals surface area (Å²) < 4.78 is 0. The Morgan fingerprint density at radius 2 is 1.70 bits per heavy atom. The molecule has 2 aromatic rings. The number of rotatable bonds is 7. The number of aromatic carboxylic acids is 1. The zero-order chi connectivity index (χ0) is 16.7. The highest BCUT2D eigenvalue weighted by molar-refractivity contribution is 5.89. The summed E-state index contributed by atoms with van der Waals surface area (Å²) in [4.78, 5) is 13.4. The number of carboxylic acids is 1. The van der Waals surface area contributed by atoms with E-state index in [-0.39, 0.29) is 12.1 Å². The molecule has 0 unspecified atom stereocenters. The summed E-state index contributed by atoms with van der Waals surface area (Å²) >= 11 is 0. The van der Waals surface area contributed by atoms with Gasteiger partial charge in [0.15, 0.2) is 0 Å². The van der Waals surface area contributed by atoms with E-state index >= 15 is 0 Å². The number of hydrogen-bond acceptors (Lipinski definition) is 4. The Hall–Kier alpha value is -2.69. The molecule has 0 atom stereocenters. The Bertz CT molecular complexity index is 677. The maximum atomic E-state index is 11.1. The normalized spacial score (nSPS) is 10.9. The standard InChI is InChI=1S/C18H21N3O2/c1-3-21(4-2)16-11-9-15(10-12-16)20-19-13-14-7-5-6-8-17(14)18(22)23/h5-12H,3-4,13H2,1-2H3,(H,22,23). The van der Waals surface area contributed by atoms with Crippen LogP contribution >= 0.6 is 0 Å². The van der Waals surface area contributed by atoms with Gasteiger partial charge >= 0.3 is 5.97 Å². The number of hydrogen-bond donors (Lipinski definition) is 1. The first kappa shape index (κ1) is 16.7. The zero-order valence-corrected chi connectivity index (χ0v) is 13.4. The van der Waals surface area contributed by atoms with E-state index in [4.69, 9.17) is 5.11 Å². The highest BCUT2D eigenvalue weighted by Crippen LogP contribution is 2.20. The predicted octanol–water partition coefficient (Wildman–Crippen LogP) is 4.51. The molecule has 0 radical (unpaired) electrons. The fraction of sp³-hybridized carbons (Fsp3) is 0.278. The van der Waals surface area contributed by atoms with Gasteiger partial charge < -0.3 is 10.0 Å². The average Bonchev–Trinajstić information content (AvgIpc) is 2.57. The van der Waals surface area contributed by atoms with Gasteiger partial charge in [0.25, 0.3) is 0 Å². The molecule has 5 nitrogen and oxygen atoms in total. The number of carbonyl (C=O) groups is 1. The molecule has 23 heavy (non-hydrogen) atoms. The molecular weight excluding hydrogens is 290 g/mol. The number of carboxylic acid groups (broad SMARTS) is 1. The molecule has 0 aromatic heterocycles. The van der Waals surface area contributed by atoms with Crippen LogP contribution in [0.4, 0.5) is 11.4 Å². The lowest BCUT2D eigenvalue weighted by Crippen LogP contribution is -2.21. The van der Waals surface area contributed by atoms with Crippen molar-refractivity contribution in [3.05, 3.63) is 59.7 Å².